The fourth-order valence-electron chi connectivity index (χ4n) is 3.87. The standard InChI is InChI=1S/C15H31N3/c1-17-11-6-9-15(13-16,10-12-17)18(2)14-7-4-3-5-8-14/h14H,3-13,16H2,1-2H3. The van der Waals surface area contributed by atoms with Crippen molar-refractivity contribution in [2.24, 2.45) is 5.73 Å². The Hall–Kier alpha value is -0.120. The number of nitrogens with zero attached hydrogens (tertiary/aromatic N) is 2. The molecular weight excluding hydrogens is 222 g/mol. The van der Waals surface area contributed by atoms with E-state index in [2.05, 4.69) is 23.9 Å². The number of hydrogen-bond acceptors (Lipinski definition) is 3. The Morgan fingerprint density at radius 1 is 1.11 bits per heavy atom. The second kappa shape index (κ2) is 6.36. The molecule has 2 rings (SSSR count). The molecule has 1 aliphatic heterocycles. The van der Waals surface area contributed by atoms with Gasteiger partial charge >= 0.3 is 0 Å². The van der Waals surface area contributed by atoms with Gasteiger partial charge in [-0.2, -0.15) is 0 Å². The number of rotatable bonds is 3. The lowest BCUT2D eigenvalue weighted by atomic mass is 9.84. The summed E-state index contributed by atoms with van der Waals surface area (Å²) in [6.45, 7) is 3.27. The highest BCUT2D eigenvalue weighted by Crippen LogP contribution is 2.33. The molecule has 3 heteroatoms. The molecule has 2 fully saturated rings. The lowest BCUT2D eigenvalue weighted by molar-refractivity contribution is 0.0458. The summed E-state index contributed by atoms with van der Waals surface area (Å²) in [4.78, 5) is 5.14. The maximum Gasteiger partial charge on any atom is 0.0344 e. The van der Waals surface area contributed by atoms with Gasteiger partial charge in [0.1, 0.15) is 0 Å². The molecule has 1 aliphatic carbocycles. The molecular formula is C15H31N3. The van der Waals surface area contributed by atoms with E-state index in [1.807, 2.05) is 0 Å². The molecule has 1 heterocycles. The molecule has 0 bridgehead atoms. The van der Waals surface area contributed by atoms with E-state index in [-0.39, 0.29) is 5.54 Å². The Morgan fingerprint density at radius 3 is 2.50 bits per heavy atom. The molecule has 18 heavy (non-hydrogen) atoms. The van der Waals surface area contributed by atoms with Crippen LogP contribution in [0.25, 0.3) is 0 Å². The van der Waals surface area contributed by atoms with Crippen molar-refractivity contribution < 1.29 is 0 Å². The SMILES string of the molecule is CN1CCCC(CN)(N(C)C2CCCCC2)CC1. The zero-order chi connectivity index (χ0) is 13.0. The van der Waals surface area contributed by atoms with Gasteiger partial charge in [-0.25, -0.2) is 0 Å². The van der Waals surface area contributed by atoms with Crippen LogP contribution in [0.3, 0.4) is 0 Å². The summed E-state index contributed by atoms with van der Waals surface area (Å²) in [7, 11) is 4.58. The lowest BCUT2D eigenvalue weighted by Gasteiger charge is -2.46. The van der Waals surface area contributed by atoms with Crippen molar-refractivity contribution in [1.82, 2.24) is 9.80 Å². The highest BCUT2D eigenvalue weighted by Gasteiger charge is 2.38. The molecule has 0 aromatic rings. The molecule has 0 amide bonds. The molecule has 2 aliphatic rings. The van der Waals surface area contributed by atoms with Crippen LogP contribution in [0.1, 0.15) is 51.4 Å². The number of likely N-dealkylation sites (N-methyl/N-ethyl adjacent to an activating group) is 1. The van der Waals surface area contributed by atoms with Crippen LogP contribution in [-0.4, -0.2) is 55.1 Å². The topological polar surface area (TPSA) is 32.5 Å². The minimum Gasteiger partial charge on any atom is -0.329 e. The van der Waals surface area contributed by atoms with E-state index in [1.54, 1.807) is 0 Å². The van der Waals surface area contributed by atoms with Crippen LogP contribution in [0.2, 0.25) is 0 Å². The molecule has 1 unspecified atom stereocenters. The monoisotopic (exact) mass is 253 g/mol. The minimum atomic E-state index is 0.271. The van der Waals surface area contributed by atoms with Gasteiger partial charge in [0, 0.05) is 18.1 Å². The molecule has 1 atom stereocenters. The third kappa shape index (κ3) is 3.06. The first-order chi connectivity index (χ1) is 8.68. The van der Waals surface area contributed by atoms with Gasteiger partial charge in [-0.05, 0) is 59.3 Å². The van der Waals surface area contributed by atoms with Gasteiger partial charge in [0.05, 0.1) is 0 Å². The fourth-order valence-corrected chi connectivity index (χ4v) is 3.87. The van der Waals surface area contributed by atoms with Crippen LogP contribution in [0.15, 0.2) is 0 Å². The van der Waals surface area contributed by atoms with Crippen LogP contribution in [-0.2, 0) is 0 Å². The molecule has 1 saturated carbocycles. The predicted octanol–water partition coefficient (Wildman–Crippen LogP) is 2.06. The van der Waals surface area contributed by atoms with Crippen molar-refractivity contribution in [1.29, 1.82) is 0 Å². The van der Waals surface area contributed by atoms with Crippen molar-refractivity contribution >= 4 is 0 Å². The summed E-state index contributed by atoms with van der Waals surface area (Å²) in [5.41, 5.74) is 6.47. The van der Waals surface area contributed by atoms with Crippen molar-refractivity contribution in [3.05, 3.63) is 0 Å². The molecule has 3 nitrogen and oxygen atoms in total. The average Bonchev–Trinajstić information content (AvgIpc) is 2.62. The van der Waals surface area contributed by atoms with E-state index in [0.717, 1.165) is 12.6 Å². The first kappa shape index (κ1) is 14.3. The Labute approximate surface area is 113 Å². The molecule has 106 valence electrons. The quantitative estimate of drug-likeness (QED) is 0.836. The Balaban J connectivity index is 2.04. The van der Waals surface area contributed by atoms with E-state index < -0.39 is 0 Å². The van der Waals surface area contributed by atoms with Gasteiger partial charge in [-0.15, -0.1) is 0 Å². The fraction of sp³-hybridized carbons (Fsp3) is 1.00. The van der Waals surface area contributed by atoms with E-state index in [0.29, 0.717) is 0 Å². The second-order valence-corrected chi connectivity index (χ2v) is 6.49. The number of hydrogen-bond donors (Lipinski definition) is 1. The largest absolute Gasteiger partial charge is 0.329 e. The van der Waals surface area contributed by atoms with Gasteiger partial charge < -0.3 is 10.6 Å². The van der Waals surface area contributed by atoms with Crippen molar-refractivity contribution in [2.45, 2.75) is 62.9 Å². The summed E-state index contributed by atoms with van der Waals surface area (Å²) in [5, 5.41) is 0. The smallest absolute Gasteiger partial charge is 0.0344 e. The van der Waals surface area contributed by atoms with Crippen molar-refractivity contribution in [3.63, 3.8) is 0 Å². The molecule has 1 saturated heterocycles. The lowest BCUT2D eigenvalue weighted by Crippen LogP contribution is -2.56. The van der Waals surface area contributed by atoms with Gasteiger partial charge in [-0.1, -0.05) is 19.3 Å². The van der Waals surface area contributed by atoms with Crippen LogP contribution in [0.4, 0.5) is 0 Å². The second-order valence-electron chi connectivity index (χ2n) is 6.49. The molecule has 0 radical (unpaired) electrons. The predicted molar refractivity (Wildman–Crippen MR) is 77.8 cm³/mol. The Bertz CT molecular complexity index is 250. The first-order valence-electron chi connectivity index (χ1n) is 7.79. The molecule has 0 aromatic carbocycles. The van der Waals surface area contributed by atoms with Crippen molar-refractivity contribution in [2.75, 3.05) is 33.7 Å². The van der Waals surface area contributed by atoms with E-state index >= 15 is 0 Å². The summed E-state index contributed by atoms with van der Waals surface area (Å²) in [5.74, 6) is 0. The summed E-state index contributed by atoms with van der Waals surface area (Å²) in [6.07, 6.45) is 10.8. The summed E-state index contributed by atoms with van der Waals surface area (Å²) < 4.78 is 0. The normalized spacial score (nSPS) is 32.7. The average molecular weight is 253 g/mol. The zero-order valence-electron chi connectivity index (χ0n) is 12.3. The van der Waals surface area contributed by atoms with E-state index in [4.69, 9.17) is 5.73 Å². The molecule has 0 spiro atoms. The minimum absolute atomic E-state index is 0.271. The number of nitrogens with two attached hydrogens (primary N) is 1. The molecule has 0 aromatic heterocycles. The van der Waals surface area contributed by atoms with Crippen molar-refractivity contribution in [3.8, 4) is 0 Å². The van der Waals surface area contributed by atoms with Crippen LogP contribution < -0.4 is 5.73 Å². The third-order valence-corrected chi connectivity index (χ3v) is 5.39. The van der Waals surface area contributed by atoms with Gasteiger partial charge in [0.25, 0.3) is 0 Å². The highest BCUT2D eigenvalue weighted by atomic mass is 15.2. The maximum atomic E-state index is 6.20. The van der Waals surface area contributed by atoms with Crippen LogP contribution >= 0.6 is 0 Å². The van der Waals surface area contributed by atoms with E-state index in [1.165, 1.54) is 64.5 Å². The summed E-state index contributed by atoms with van der Waals surface area (Å²) in [6, 6.07) is 0.783. The first-order valence-corrected chi connectivity index (χ1v) is 7.79. The zero-order valence-corrected chi connectivity index (χ0v) is 12.3. The van der Waals surface area contributed by atoms with Gasteiger partial charge in [-0.3, -0.25) is 4.90 Å². The van der Waals surface area contributed by atoms with E-state index in [9.17, 15) is 0 Å². The van der Waals surface area contributed by atoms with Crippen LogP contribution in [0, 0.1) is 0 Å². The third-order valence-electron chi connectivity index (χ3n) is 5.39. The number of likely N-dealkylation sites (tertiary alicyclic amines) is 1. The van der Waals surface area contributed by atoms with Gasteiger partial charge in [0.2, 0.25) is 0 Å². The molecule has 2 N–H and O–H groups in total. The Morgan fingerprint density at radius 2 is 1.83 bits per heavy atom. The van der Waals surface area contributed by atoms with Gasteiger partial charge in [0.15, 0.2) is 0 Å². The van der Waals surface area contributed by atoms with Crippen LogP contribution in [0.5, 0.6) is 0 Å². The Kier molecular flexibility index (Phi) is 5.05. The summed E-state index contributed by atoms with van der Waals surface area (Å²) >= 11 is 0. The maximum absolute atomic E-state index is 6.20. The highest BCUT2D eigenvalue weighted by molar-refractivity contribution is 4.96.